The van der Waals surface area contributed by atoms with Crippen LogP contribution < -0.4 is 10.7 Å². The van der Waals surface area contributed by atoms with Gasteiger partial charge >= 0.3 is 0 Å². The van der Waals surface area contributed by atoms with Crippen LogP contribution in [0, 0.1) is 26.6 Å². The molecule has 0 spiro atoms. The minimum atomic E-state index is -0.298. The summed E-state index contributed by atoms with van der Waals surface area (Å²) < 4.78 is 14.8. The summed E-state index contributed by atoms with van der Waals surface area (Å²) in [6, 6.07) is 16.0. The number of hydrogen-bond donors (Lipinski definition) is 2. The van der Waals surface area contributed by atoms with Gasteiger partial charge in [-0.2, -0.15) is 25.2 Å². The SMILES string of the molecule is CC(=NNc1nc(Nc2ccc(C)cc2)nc(-n2nc(C)cc2C)n1)c1ccc(F)cc1. The van der Waals surface area contributed by atoms with Crippen molar-refractivity contribution in [2.45, 2.75) is 27.7 Å². The maximum Gasteiger partial charge on any atom is 0.257 e. The molecule has 4 aromatic rings. The molecule has 0 amide bonds. The van der Waals surface area contributed by atoms with Crippen LogP contribution in [0.25, 0.3) is 5.95 Å². The fraction of sp³-hybridized carbons (Fsp3) is 0.174. The molecule has 2 N–H and O–H groups in total. The average molecular weight is 430 g/mol. The van der Waals surface area contributed by atoms with Gasteiger partial charge in [-0.3, -0.25) is 0 Å². The average Bonchev–Trinajstić information content (AvgIpc) is 3.12. The van der Waals surface area contributed by atoms with Crippen molar-refractivity contribution in [3.05, 3.63) is 82.9 Å². The quantitative estimate of drug-likeness (QED) is 0.340. The van der Waals surface area contributed by atoms with Crippen molar-refractivity contribution in [1.29, 1.82) is 0 Å². The first kappa shape index (κ1) is 21.1. The van der Waals surface area contributed by atoms with E-state index in [2.05, 4.69) is 35.9 Å². The highest BCUT2D eigenvalue weighted by molar-refractivity contribution is 5.98. The van der Waals surface area contributed by atoms with Gasteiger partial charge in [0.15, 0.2) is 0 Å². The van der Waals surface area contributed by atoms with Gasteiger partial charge in [0.1, 0.15) is 5.82 Å². The van der Waals surface area contributed by atoms with E-state index in [4.69, 9.17) is 0 Å². The van der Waals surface area contributed by atoms with Crippen LogP contribution in [0.4, 0.5) is 22.0 Å². The molecule has 4 rings (SSSR count). The third kappa shape index (κ3) is 4.94. The number of hydrazone groups is 1. The van der Waals surface area contributed by atoms with Gasteiger partial charge in [-0.1, -0.05) is 29.8 Å². The van der Waals surface area contributed by atoms with E-state index in [1.807, 2.05) is 58.0 Å². The van der Waals surface area contributed by atoms with Crippen LogP contribution in [-0.2, 0) is 0 Å². The summed E-state index contributed by atoms with van der Waals surface area (Å²) >= 11 is 0. The minimum Gasteiger partial charge on any atom is -0.324 e. The number of aromatic nitrogens is 5. The highest BCUT2D eigenvalue weighted by Gasteiger charge is 2.12. The summed E-state index contributed by atoms with van der Waals surface area (Å²) in [5.74, 6) is 0.660. The molecule has 0 bridgehead atoms. The lowest BCUT2D eigenvalue weighted by Crippen LogP contribution is -2.12. The first-order chi connectivity index (χ1) is 15.4. The van der Waals surface area contributed by atoms with Crippen LogP contribution in [0.5, 0.6) is 0 Å². The van der Waals surface area contributed by atoms with Crippen molar-refractivity contribution in [3.8, 4) is 5.95 Å². The molecule has 0 aliphatic rings. The minimum absolute atomic E-state index is 0.249. The topological polar surface area (TPSA) is 92.9 Å². The number of halogens is 1. The van der Waals surface area contributed by atoms with Crippen LogP contribution in [0.2, 0.25) is 0 Å². The molecule has 0 fully saturated rings. The van der Waals surface area contributed by atoms with Crippen LogP contribution in [0.1, 0.15) is 29.4 Å². The third-order valence-corrected chi connectivity index (χ3v) is 4.72. The monoisotopic (exact) mass is 430 g/mol. The lowest BCUT2D eigenvalue weighted by Gasteiger charge is -2.10. The van der Waals surface area contributed by atoms with E-state index in [0.29, 0.717) is 17.6 Å². The van der Waals surface area contributed by atoms with E-state index in [1.165, 1.54) is 12.1 Å². The molecule has 0 atom stereocenters. The van der Waals surface area contributed by atoms with E-state index in [0.717, 1.165) is 28.2 Å². The van der Waals surface area contributed by atoms with Crippen molar-refractivity contribution in [1.82, 2.24) is 24.7 Å². The van der Waals surface area contributed by atoms with Crippen molar-refractivity contribution in [2.75, 3.05) is 10.7 Å². The zero-order valence-electron chi connectivity index (χ0n) is 18.3. The Morgan fingerprint density at radius 2 is 1.59 bits per heavy atom. The first-order valence-electron chi connectivity index (χ1n) is 10.1. The molecule has 32 heavy (non-hydrogen) atoms. The number of benzene rings is 2. The summed E-state index contributed by atoms with van der Waals surface area (Å²) in [4.78, 5) is 13.4. The zero-order valence-corrected chi connectivity index (χ0v) is 18.3. The molecule has 0 saturated carbocycles. The number of hydrogen-bond acceptors (Lipinski definition) is 7. The highest BCUT2D eigenvalue weighted by atomic mass is 19.1. The Balaban J connectivity index is 1.67. The second kappa shape index (κ2) is 8.93. The van der Waals surface area contributed by atoms with Crippen LogP contribution in [0.3, 0.4) is 0 Å². The summed E-state index contributed by atoms with van der Waals surface area (Å²) in [7, 11) is 0. The highest BCUT2D eigenvalue weighted by Crippen LogP contribution is 2.17. The van der Waals surface area contributed by atoms with Gasteiger partial charge in [0, 0.05) is 11.4 Å². The van der Waals surface area contributed by atoms with E-state index < -0.39 is 0 Å². The molecule has 2 aromatic heterocycles. The molecule has 162 valence electrons. The van der Waals surface area contributed by atoms with E-state index in [1.54, 1.807) is 16.8 Å². The summed E-state index contributed by atoms with van der Waals surface area (Å²) in [6.07, 6.45) is 0. The normalized spacial score (nSPS) is 11.5. The van der Waals surface area contributed by atoms with Crippen LogP contribution in [-0.4, -0.2) is 30.4 Å². The lowest BCUT2D eigenvalue weighted by molar-refractivity contribution is 0.628. The number of rotatable bonds is 6. The van der Waals surface area contributed by atoms with Gasteiger partial charge in [-0.25, -0.2) is 14.5 Å². The molecule has 0 saturated heterocycles. The molecule has 0 radical (unpaired) electrons. The van der Waals surface area contributed by atoms with E-state index in [9.17, 15) is 4.39 Å². The third-order valence-electron chi connectivity index (χ3n) is 4.72. The van der Waals surface area contributed by atoms with Gasteiger partial charge in [-0.15, -0.1) is 0 Å². The maximum atomic E-state index is 13.2. The smallest absolute Gasteiger partial charge is 0.257 e. The Morgan fingerprint density at radius 1 is 0.906 bits per heavy atom. The predicted octanol–water partition coefficient (Wildman–Crippen LogP) is 4.70. The van der Waals surface area contributed by atoms with Gasteiger partial charge in [0.25, 0.3) is 5.95 Å². The summed E-state index contributed by atoms with van der Waals surface area (Å²) in [6.45, 7) is 7.68. The Kier molecular flexibility index (Phi) is 5.89. The fourth-order valence-corrected chi connectivity index (χ4v) is 3.05. The number of nitrogens with zero attached hydrogens (tertiary/aromatic N) is 6. The molecule has 0 aliphatic heterocycles. The molecule has 9 heteroatoms. The largest absolute Gasteiger partial charge is 0.324 e. The standard InChI is InChI=1S/C23H23FN8/c1-14-5-11-20(12-6-14)25-21-26-22(28-23(27-21)32-16(3)13-15(2)31-32)30-29-17(4)18-7-9-19(24)10-8-18/h5-13H,1-4H3,(H2,25,26,27,28,30). The Labute approximate surface area is 185 Å². The van der Waals surface area contributed by atoms with Crippen LogP contribution in [0.15, 0.2) is 59.7 Å². The second-order valence-electron chi connectivity index (χ2n) is 7.43. The molecule has 0 unspecified atom stereocenters. The number of anilines is 3. The van der Waals surface area contributed by atoms with Gasteiger partial charge < -0.3 is 5.32 Å². The van der Waals surface area contributed by atoms with E-state index >= 15 is 0 Å². The number of nitrogens with one attached hydrogen (secondary N) is 2. The molecule has 0 aliphatic carbocycles. The van der Waals surface area contributed by atoms with Crippen molar-refractivity contribution in [3.63, 3.8) is 0 Å². The summed E-state index contributed by atoms with van der Waals surface area (Å²) in [5.41, 5.74) is 8.07. The van der Waals surface area contributed by atoms with Crippen molar-refractivity contribution in [2.24, 2.45) is 5.10 Å². The molecule has 8 nitrogen and oxygen atoms in total. The fourth-order valence-electron chi connectivity index (χ4n) is 3.05. The molecular formula is C23H23FN8. The lowest BCUT2D eigenvalue weighted by atomic mass is 10.1. The Morgan fingerprint density at radius 3 is 2.25 bits per heavy atom. The van der Waals surface area contributed by atoms with Gasteiger partial charge in [0.05, 0.1) is 11.4 Å². The molecule has 2 heterocycles. The van der Waals surface area contributed by atoms with Gasteiger partial charge in [0.2, 0.25) is 11.9 Å². The Bertz CT molecular complexity index is 1260. The maximum absolute atomic E-state index is 13.2. The number of aryl methyl sites for hydroxylation is 3. The van der Waals surface area contributed by atoms with Crippen LogP contribution >= 0.6 is 0 Å². The van der Waals surface area contributed by atoms with Crippen molar-refractivity contribution >= 4 is 23.3 Å². The van der Waals surface area contributed by atoms with E-state index in [-0.39, 0.29) is 11.8 Å². The molecule has 2 aromatic carbocycles. The second-order valence-corrected chi connectivity index (χ2v) is 7.43. The summed E-state index contributed by atoms with van der Waals surface area (Å²) in [5, 5.41) is 12.0. The van der Waals surface area contributed by atoms with Gasteiger partial charge in [-0.05, 0) is 63.6 Å². The Hall–Kier alpha value is -4.14. The zero-order chi connectivity index (χ0) is 22.7. The molecular weight excluding hydrogens is 407 g/mol. The van der Waals surface area contributed by atoms with Crippen molar-refractivity contribution < 1.29 is 4.39 Å². The first-order valence-corrected chi connectivity index (χ1v) is 10.1. The predicted molar refractivity (Wildman–Crippen MR) is 123 cm³/mol.